The van der Waals surface area contributed by atoms with E-state index in [9.17, 15) is 13.2 Å². The first-order chi connectivity index (χ1) is 22.3. The summed E-state index contributed by atoms with van der Waals surface area (Å²) >= 11 is 6.09. The Balaban J connectivity index is 1.41. The van der Waals surface area contributed by atoms with Gasteiger partial charge in [-0.25, -0.2) is 0 Å². The Hall–Kier alpha value is -4.50. The lowest BCUT2D eigenvalue weighted by molar-refractivity contribution is 0.0956. The van der Waals surface area contributed by atoms with E-state index in [1.165, 1.54) is 0 Å². The molecule has 0 radical (unpaired) electrons. The van der Waals surface area contributed by atoms with Gasteiger partial charge >= 0.3 is 0 Å². The van der Waals surface area contributed by atoms with Crippen molar-refractivity contribution >= 4 is 33.7 Å². The SMILES string of the molecule is CC(C)(C)/C=C/c1ccc(C(Cc2ccc(C(=O)NCCS(=O)(=O)O)cc2)c2cc(-c3cccc(-c4ccc(Cl)cc4)c3)on2)cc1. The van der Waals surface area contributed by atoms with Gasteiger partial charge in [-0.05, 0) is 70.0 Å². The van der Waals surface area contributed by atoms with Gasteiger partial charge < -0.3 is 9.84 Å². The summed E-state index contributed by atoms with van der Waals surface area (Å²) in [5.41, 5.74) is 7.38. The average molecular weight is 669 g/mol. The lowest BCUT2D eigenvalue weighted by Gasteiger charge is -2.16. The highest BCUT2D eigenvalue weighted by Gasteiger charge is 2.21. The first kappa shape index (κ1) is 33.9. The third-order valence-electron chi connectivity index (χ3n) is 7.63. The van der Waals surface area contributed by atoms with Gasteiger partial charge in [-0.15, -0.1) is 0 Å². The van der Waals surface area contributed by atoms with E-state index in [0.29, 0.717) is 22.8 Å². The van der Waals surface area contributed by atoms with Crippen molar-refractivity contribution in [3.05, 3.63) is 142 Å². The lowest BCUT2D eigenvalue weighted by Crippen LogP contribution is -2.28. The number of hydrogen-bond donors (Lipinski definition) is 2. The Bertz CT molecular complexity index is 1960. The minimum atomic E-state index is -4.16. The molecule has 5 rings (SSSR count). The molecule has 242 valence electrons. The number of aromatic nitrogens is 1. The molecule has 1 heterocycles. The summed E-state index contributed by atoms with van der Waals surface area (Å²) in [6, 6.07) is 33.4. The second-order valence-corrected chi connectivity index (χ2v) is 14.6. The van der Waals surface area contributed by atoms with E-state index >= 15 is 0 Å². The molecule has 0 spiro atoms. The molecule has 4 aromatic carbocycles. The van der Waals surface area contributed by atoms with Gasteiger partial charge in [0.15, 0.2) is 5.76 Å². The molecule has 5 aromatic rings. The first-order valence-corrected chi connectivity index (χ1v) is 17.3. The predicted octanol–water partition coefficient (Wildman–Crippen LogP) is 8.71. The number of hydrogen-bond acceptors (Lipinski definition) is 5. The Labute approximate surface area is 281 Å². The number of nitrogens with zero attached hydrogens (tertiary/aromatic N) is 1. The van der Waals surface area contributed by atoms with Gasteiger partial charge in [0.2, 0.25) is 0 Å². The number of nitrogens with one attached hydrogen (secondary N) is 1. The van der Waals surface area contributed by atoms with Gasteiger partial charge in [-0.3, -0.25) is 9.35 Å². The summed E-state index contributed by atoms with van der Waals surface area (Å²) in [5.74, 6) is -0.448. The van der Waals surface area contributed by atoms with Crippen molar-refractivity contribution in [2.75, 3.05) is 12.3 Å². The summed E-state index contributed by atoms with van der Waals surface area (Å²) in [7, 11) is -4.16. The van der Waals surface area contributed by atoms with Gasteiger partial charge in [0.25, 0.3) is 16.0 Å². The summed E-state index contributed by atoms with van der Waals surface area (Å²) in [6.07, 6.45) is 4.90. The number of halogens is 1. The van der Waals surface area contributed by atoms with Crippen LogP contribution in [-0.4, -0.2) is 36.3 Å². The molecule has 7 nitrogen and oxygen atoms in total. The molecule has 2 N–H and O–H groups in total. The molecule has 0 fully saturated rings. The predicted molar refractivity (Wildman–Crippen MR) is 188 cm³/mol. The van der Waals surface area contributed by atoms with Crippen LogP contribution in [0.4, 0.5) is 0 Å². The lowest BCUT2D eigenvalue weighted by atomic mass is 9.88. The summed E-state index contributed by atoms with van der Waals surface area (Å²) in [5, 5.41) is 7.73. The van der Waals surface area contributed by atoms with E-state index in [1.807, 2.05) is 60.7 Å². The highest BCUT2D eigenvalue weighted by Crippen LogP contribution is 2.33. The fraction of sp³-hybridized carbons (Fsp3) is 0.211. The standard InChI is InChI=1S/C38H37ClN2O5S/c1-38(2,3)20-19-26-7-11-29(12-8-26)34(23-27-9-13-30(14-10-27)37(42)40-21-22-47(43,44)45)35-25-36(46-41-35)32-6-4-5-31(24-32)28-15-17-33(39)18-16-28/h4-20,24-25,34H,21-23H2,1-3H3,(H,40,42)(H,43,44,45)/b20-19+. The van der Waals surface area contributed by atoms with Crippen molar-refractivity contribution < 1.29 is 22.3 Å². The maximum atomic E-state index is 12.5. The molecule has 1 unspecified atom stereocenters. The Morgan fingerprint density at radius 2 is 1.60 bits per heavy atom. The maximum Gasteiger partial charge on any atom is 0.266 e. The minimum Gasteiger partial charge on any atom is -0.356 e. The van der Waals surface area contributed by atoms with Crippen molar-refractivity contribution in [1.82, 2.24) is 10.5 Å². The largest absolute Gasteiger partial charge is 0.356 e. The van der Waals surface area contributed by atoms with Crippen LogP contribution in [-0.2, 0) is 16.5 Å². The van der Waals surface area contributed by atoms with Crippen LogP contribution in [0.15, 0.2) is 114 Å². The molecule has 0 saturated carbocycles. The third kappa shape index (κ3) is 9.75. The zero-order chi connectivity index (χ0) is 33.6. The van der Waals surface area contributed by atoms with Crippen molar-refractivity contribution in [2.24, 2.45) is 5.41 Å². The van der Waals surface area contributed by atoms with Crippen LogP contribution in [0.2, 0.25) is 5.02 Å². The average Bonchev–Trinajstić information content (AvgIpc) is 3.53. The van der Waals surface area contributed by atoms with Gasteiger partial charge in [0.1, 0.15) is 0 Å². The van der Waals surface area contributed by atoms with E-state index in [4.69, 9.17) is 20.7 Å². The number of rotatable bonds is 11. The van der Waals surface area contributed by atoms with Gasteiger partial charge in [0.05, 0.1) is 11.4 Å². The van der Waals surface area contributed by atoms with Crippen molar-refractivity contribution in [3.8, 4) is 22.5 Å². The van der Waals surface area contributed by atoms with Crippen LogP contribution in [0.5, 0.6) is 0 Å². The zero-order valence-corrected chi connectivity index (χ0v) is 28.1. The molecule has 1 atom stereocenters. The number of carbonyl (C=O) groups excluding carboxylic acids is 1. The number of benzene rings is 4. The quantitative estimate of drug-likeness (QED) is 0.136. The second-order valence-electron chi connectivity index (χ2n) is 12.6. The van der Waals surface area contributed by atoms with Crippen molar-refractivity contribution in [3.63, 3.8) is 0 Å². The molecule has 0 aliphatic heterocycles. The van der Waals surface area contributed by atoms with Crippen LogP contribution >= 0.6 is 11.6 Å². The second kappa shape index (κ2) is 14.5. The highest BCUT2D eigenvalue weighted by atomic mass is 35.5. The Kier molecular flexibility index (Phi) is 10.4. The van der Waals surface area contributed by atoms with Crippen molar-refractivity contribution in [1.29, 1.82) is 0 Å². The third-order valence-corrected chi connectivity index (χ3v) is 8.60. The van der Waals surface area contributed by atoms with Crippen LogP contribution in [0.1, 0.15) is 59.4 Å². The Morgan fingerprint density at radius 1 is 0.915 bits per heavy atom. The van der Waals surface area contributed by atoms with Crippen LogP contribution < -0.4 is 5.32 Å². The van der Waals surface area contributed by atoms with E-state index in [1.54, 1.807) is 12.1 Å². The first-order valence-electron chi connectivity index (χ1n) is 15.3. The molecule has 0 saturated heterocycles. The molecular formula is C38H37ClN2O5S. The Morgan fingerprint density at radius 3 is 2.26 bits per heavy atom. The van der Waals surface area contributed by atoms with Crippen LogP contribution in [0, 0.1) is 5.41 Å². The van der Waals surface area contributed by atoms with E-state index in [-0.39, 0.29) is 17.9 Å². The highest BCUT2D eigenvalue weighted by molar-refractivity contribution is 7.85. The topological polar surface area (TPSA) is 110 Å². The molecule has 1 aromatic heterocycles. The molecule has 0 aliphatic rings. The molecule has 0 bridgehead atoms. The maximum absolute atomic E-state index is 12.5. The molecule has 9 heteroatoms. The smallest absolute Gasteiger partial charge is 0.266 e. The molecule has 0 aliphatic carbocycles. The zero-order valence-electron chi connectivity index (χ0n) is 26.5. The van der Waals surface area contributed by atoms with Crippen molar-refractivity contribution in [2.45, 2.75) is 33.1 Å². The van der Waals surface area contributed by atoms with Gasteiger partial charge in [0, 0.05) is 34.7 Å². The normalized spacial score (nSPS) is 12.7. The van der Waals surface area contributed by atoms with Crippen LogP contribution in [0.25, 0.3) is 28.5 Å². The molecule has 47 heavy (non-hydrogen) atoms. The summed E-state index contributed by atoms with van der Waals surface area (Å²) in [4.78, 5) is 12.5. The van der Waals surface area contributed by atoms with E-state index in [2.05, 4.69) is 73.7 Å². The van der Waals surface area contributed by atoms with E-state index in [0.717, 1.165) is 39.1 Å². The van der Waals surface area contributed by atoms with Crippen LogP contribution in [0.3, 0.4) is 0 Å². The number of amides is 1. The number of carbonyl (C=O) groups is 1. The van der Waals surface area contributed by atoms with Gasteiger partial charge in [-0.1, -0.05) is 116 Å². The minimum absolute atomic E-state index is 0.0722. The number of allylic oxidation sites excluding steroid dienone is 1. The fourth-order valence-electron chi connectivity index (χ4n) is 5.09. The summed E-state index contributed by atoms with van der Waals surface area (Å²) in [6.45, 7) is 6.31. The molecule has 1 amide bonds. The summed E-state index contributed by atoms with van der Waals surface area (Å²) < 4.78 is 36.8. The fourth-order valence-corrected chi connectivity index (χ4v) is 5.57. The van der Waals surface area contributed by atoms with E-state index < -0.39 is 21.8 Å². The monoisotopic (exact) mass is 668 g/mol. The van der Waals surface area contributed by atoms with Gasteiger partial charge in [-0.2, -0.15) is 8.42 Å². The molecular weight excluding hydrogens is 632 g/mol.